The molecule has 152 valence electrons. The van der Waals surface area contributed by atoms with Gasteiger partial charge in [-0.25, -0.2) is 0 Å². The number of hydrogen-bond donors (Lipinski definition) is 1. The second-order valence-corrected chi connectivity index (χ2v) is 7.24. The number of rotatable bonds is 6. The molecule has 0 aliphatic carbocycles. The predicted octanol–water partition coefficient (Wildman–Crippen LogP) is 4.80. The average Bonchev–Trinajstić information content (AvgIpc) is 3.15. The summed E-state index contributed by atoms with van der Waals surface area (Å²) < 4.78 is 11.6. The van der Waals surface area contributed by atoms with Gasteiger partial charge in [-0.05, 0) is 48.9 Å². The van der Waals surface area contributed by atoms with E-state index >= 15 is 0 Å². The van der Waals surface area contributed by atoms with Gasteiger partial charge >= 0.3 is 0 Å². The third-order valence-electron chi connectivity index (χ3n) is 4.33. The molecule has 0 spiro atoms. The molecule has 0 saturated carbocycles. The Labute approximate surface area is 179 Å². The molecular weight excluding hydrogens is 454 g/mol. The Kier molecular flexibility index (Phi) is 6.30. The zero-order valence-corrected chi connectivity index (χ0v) is 17.6. The number of furan rings is 1. The molecule has 3 aromatic rings. The topological polar surface area (TPSA) is 122 Å². The number of nitriles is 1. The van der Waals surface area contributed by atoms with Crippen molar-refractivity contribution in [3.05, 3.63) is 83.4 Å². The molecule has 8 nitrogen and oxygen atoms in total. The summed E-state index contributed by atoms with van der Waals surface area (Å²) in [6, 6.07) is 11.0. The number of benzene rings is 1. The van der Waals surface area contributed by atoms with Gasteiger partial charge in [-0.2, -0.15) is 5.26 Å². The summed E-state index contributed by atoms with van der Waals surface area (Å²) in [5, 5.41) is 20.8. The summed E-state index contributed by atoms with van der Waals surface area (Å²) in [7, 11) is 1.33. The predicted molar refractivity (Wildman–Crippen MR) is 115 cm³/mol. The number of nitro groups is 1. The van der Waals surface area contributed by atoms with Gasteiger partial charge in [0.25, 0.3) is 11.2 Å². The van der Waals surface area contributed by atoms with Crippen LogP contribution in [0.25, 0.3) is 23.5 Å². The van der Waals surface area contributed by atoms with Gasteiger partial charge in [0.1, 0.15) is 28.8 Å². The van der Waals surface area contributed by atoms with Crippen molar-refractivity contribution >= 4 is 33.8 Å². The summed E-state index contributed by atoms with van der Waals surface area (Å²) in [5.41, 5.74) is 0.380. The first kappa shape index (κ1) is 21.2. The first-order valence-corrected chi connectivity index (χ1v) is 9.52. The fourth-order valence-electron chi connectivity index (χ4n) is 2.97. The SMILES string of the molecule is COCc1c([N+](=O)[O-])c(C=Cc2ccc(-c3ccc(C)cc3Br)o2)[nH]c(=O)c1C#N. The van der Waals surface area contributed by atoms with Gasteiger partial charge in [0.15, 0.2) is 0 Å². The Bertz CT molecular complexity index is 1250. The maximum atomic E-state index is 12.2. The minimum Gasteiger partial charge on any atom is -0.457 e. The van der Waals surface area contributed by atoms with Crippen molar-refractivity contribution in [1.29, 1.82) is 5.26 Å². The summed E-state index contributed by atoms with van der Waals surface area (Å²) in [6.45, 7) is 1.74. The van der Waals surface area contributed by atoms with Crippen LogP contribution in [0.4, 0.5) is 5.69 Å². The average molecular weight is 470 g/mol. The van der Waals surface area contributed by atoms with Crippen LogP contribution in [0.3, 0.4) is 0 Å². The number of ether oxygens (including phenoxy) is 1. The summed E-state index contributed by atoms with van der Waals surface area (Å²) in [5.74, 6) is 1.05. The number of aromatic nitrogens is 1. The minimum atomic E-state index is -0.724. The molecule has 0 radical (unpaired) electrons. The maximum Gasteiger partial charge on any atom is 0.299 e. The van der Waals surface area contributed by atoms with Crippen molar-refractivity contribution in [2.24, 2.45) is 0 Å². The van der Waals surface area contributed by atoms with Crippen LogP contribution in [-0.4, -0.2) is 17.0 Å². The van der Waals surface area contributed by atoms with Gasteiger partial charge in [0.2, 0.25) is 0 Å². The molecule has 0 fully saturated rings. The number of H-pyrrole nitrogens is 1. The molecule has 30 heavy (non-hydrogen) atoms. The maximum absolute atomic E-state index is 12.2. The Morgan fingerprint density at radius 3 is 2.73 bits per heavy atom. The summed E-state index contributed by atoms with van der Waals surface area (Å²) in [6.07, 6.45) is 2.87. The molecule has 0 saturated heterocycles. The number of nitrogens with zero attached hydrogens (tertiary/aromatic N) is 2. The van der Waals surface area contributed by atoms with Crippen LogP contribution in [0.2, 0.25) is 0 Å². The third-order valence-corrected chi connectivity index (χ3v) is 4.99. The number of halogens is 1. The smallest absolute Gasteiger partial charge is 0.299 e. The number of nitrogens with one attached hydrogen (secondary N) is 1. The first-order valence-electron chi connectivity index (χ1n) is 8.72. The van der Waals surface area contributed by atoms with E-state index in [0.717, 1.165) is 15.6 Å². The zero-order valence-electron chi connectivity index (χ0n) is 16.1. The molecule has 1 N–H and O–H groups in total. The Morgan fingerprint density at radius 2 is 2.10 bits per heavy atom. The van der Waals surface area contributed by atoms with Gasteiger partial charge in [-0.1, -0.05) is 22.0 Å². The lowest BCUT2D eigenvalue weighted by atomic mass is 10.1. The summed E-state index contributed by atoms with van der Waals surface area (Å²) in [4.78, 5) is 25.5. The van der Waals surface area contributed by atoms with Crippen LogP contribution >= 0.6 is 15.9 Å². The van der Waals surface area contributed by atoms with E-state index in [1.54, 1.807) is 18.2 Å². The fraction of sp³-hybridized carbons (Fsp3) is 0.143. The van der Waals surface area contributed by atoms with Crippen LogP contribution in [-0.2, 0) is 11.3 Å². The van der Waals surface area contributed by atoms with Crippen LogP contribution in [0.15, 0.2) is 44.0 Å². The molecule has 2 heterocycles. The zero-order chi connectivity index (χ0) is 21.8. The van der Waals surface area contributed by atoms with E-state index < -0.39 is 16.2 Å². The fourth-order valence-corrected chi connectivity index (χ4v) is 3.66. The van der Waals surface area contributed by atoms with Crippen LogP contribution in [0, 0.1) is 28.4 Å². The molecule has 0 aliphatic heterocycles. The van der Waals surface area contributed by atoms with E-state index in [1.165, 1.54) is 19.3 Å². The molecule has 2 aromatic heterocycles. The highest BCUT2D eigenvalue weighted by molar-refractivity contribution is 9.10. The molecule has 3 rings (SSSR count). The van der Waals surface area contributed by atoms with E-state index in [2.05, 4.69) is 20.9 Å². The van der Waals surface area contributed by atoms with Crippen molar-refractivity contribution in [2.75, 3.05) is 7.11 Å². The normalized spacial score (nSPS) is 11.0. The van der Waals surface area contributed by atoms with E-state index in [-0.39, 0.29) is 23.4 Å². The van der Waals surface area contributed by atoms with Gasteiger partial charge < -0.3 is 14.1 Å². The molecule has 0 unspecified atom stereocenters. The lowest BCUT2D eigenvalue weighted by Gasteiger charge is -2.06. The lowest BCUT2D eigenvalue weighted by molar-refractivity contribution is -0.386. The van der Waals surface area contributed by atoms with Crippen LogP contribution < -0.4 is 5.56 Å². The minimum absolute atomic E-state index is 0.0504. The number of aromatic amines is 1. The van der Waals surface area contributed by atoms with Gasteiger partial charge in [0, 0.05) is 17.1 Å². The van der Waals surface area contributed by atoms with Gasteiger partial charge in [-0.3, -0.25) is 14.9 Å². The lowest BCUT2D eigenvalue weighted by Crippen LogP contribution is -2.18. The highest BCUT2D eigenvalue weighted by Crippen LogP contribution is 2.31. The molecule has 1 aromatic carbocycles. The van der Waals surface area contributed by atoms with Gasteiger partial charge in [-0.15, -0.1) is 0 Å². The standard InChI is InChI=1S/C21H16BrN3O5/c1-12-3-6-14(17(22)9-12)19-8-5-13(30-19)4-7-18-20(25(27)28)16(11-29-2)15(10-23)21(26)24-18/h3-9H,11H2,1-2H3,(H,24,26). The Hall–Kier alpha value is -3.48. The van der Waals surface area contributed by atoms with Crippen molar-refractivity contribution in [2.45, 2.75) is 13.5 Å². The van der Waals surface area contributed by atoms with Crippen LogP contribution in [0.1, 0.15) is 28.1 Å². The Balaban J connectivity index is 2.03. The molecule has 0 aliphatic rings. The van der Waals surface area contributed by atoms with Crippen molar-refractivity contribution in [1.82, 2.24) is 4.98 Å². The molecule has 0 atom stereocenters. The van der Waals surface area contributed by atoms with E-state index in [9.17, 15) is 20.2 Å². The van der Waals surface area contributed by atoms with Crippen molar-refractivity contribution < 1.29 is 14.1 Å². The monoisotopic (exact) mass is 469 g/mol. The molecule has 0 bridgehead atoms. The van der Waals surface area contributed by atoms with Crippen molar-refractivity contribution in [3.8, 4) is 17.4 Å². The molecule has 0 amide bonds. The molecular formula is C21H16BrN3O5. The van der Waals surface area contributed by atoms with Crippen molar-refractivity contribution in [3.63, 3.8) is 0 Å². The second-order valence-electron chi connectivity index (χ2n) is 6.39. The largest absolute Gasteiger partial charge is 0.457 e. The van der Waals surface area contributed by atoms with E-state index in [1.807, 2.05) is 25.1 Å². The number of aryl methyl sites for hydroxylation is 1. The second kappa shape index (κ2) is 8.90. The highest BCUT2D eigenvalue weighted by atomic mass is 79.9. The molecule has 9 heteroatoms. The Morgan fingerprint density at radius 1 is 1.33 bits per heavy atom. The number of pyridine rings is 1. The first-order chi connectivity index (χ1) is 14.3. The van der Waals surface area contributed by atoms with Gasteiger partial charge in [0.05, 0.1) is 17.1 Å². The van der Waals surface area contributed by atoms with Crippen LogP contribution in [0.5, 0.6) is 0 Å². The van der Waals surface area contributed by atoms with E-state index in [0.29, 0.717) is 11.5 Å². The third kappa shape index (κ3) is 4.25. The number of hydrogen-bond acceptors (Lipinski definition) is 6. The number of methoxy groups -OCH3 is 1. The highest BCUT2D eigenvalue weighted by Gasteiger charge is 2.25. The summed E-state index contributed by atoms with van der Waals surface area (Å²) >= 11 is 3.51. The van der Waals surface area contributed by atoms with E-state index in [4.69, 9.17) is 9.15 Å². The quantitative estimate of drug-likeness (QED) is 0.408.